The predicted octanol–water partition coefficient (Wildman–Crippen LogP) is 1.54. The Morgan fingerprint density at radius 1 is 1.42 bits per heavy atom. The standard InChI is InChI=1S/C13H17N5O/c1-9(2)13-16-6-7-18(13)8-10-4-3-5-15-11(10)12(14)17-19/h3-7,9,19H,8H2,1-2H3,(H2,14,17). The van der Waals surface area contributed by atoms with Gasteiger partial charge in [0.25, 0.3) is 0 Å². The van der Waals surface area contributed by atoms with Crippen molar-refractivity contribution in [2.45, 2.75) is 26.3 Å². The molecule has 2 heterocycles. The summed E-state index contributed by atoms with van der Waals surface area (Å²) in [4.78, 5) is 8.49. The molecule has 0 aliphatic heterocycles. The average Bonchev–Trinajstić information content (AvgIpc) is 2.87. The maximum absolute atomic E-state index is 8.79. The molecule has 0 spiro atoms. The Labute approximate surface area is 111 Å². The molecule has 2 aromatic heterocycles. The van der Waals surface area contributed by atoms with E-state index in [4.69, 9.17) is 10.9 Å². The molecule has 0 aliphatic rings. The van der Waals surface area contributed by atoms with Crippen molar-refractivity contribution in [3.05, 3.63) is 47.8 Å². The number of imidazole rings is 1. The van der Waals surface area contributed by atoms with E-state index in [1.807, 2.05) is 22.9 Å². The van der Waals surface area contributed by atoms with Crippen molar-refractivity contribution in [2.24, 2.45) is 10.9 Å². The Bertz CT molecular complexity index is 588. The lowest BCUT2D eigenvalue weighted by molar-refractivity contribution is 0.318. The van der Waals surface area contributed by atoms with Crippen LogP contribution in [0.1, 0.15) is 36.8 Å². The third kappa shape index (κ3) is 2.73. The zero-order valence-electron chi connectivity index (χ0n) is 11.0. The van der Waals surface area contributed by atoms with Crippen LogP contribution in [0.5, 0.6) is 0 Å². The summed E-state index contributed by atoms with van der Waals surface area (Å²) in [5.74, 6) is 1.34. The fraction of sp³-hybridized carbons (Fsp3) is 0.308. The van der Waals surface area contributed by atoms with Crippen LogP contribution >= 0.6 is 0 Å². The number of pyridine rings is 1. The molecule has 100 valence electrons. The molecule has 0 radical (unpaired) electrons. The molecule has 2 aromatic rings. The molecule has 0 aromatic carbocycles. The lowest BCUT2D eigenvalue weighted by Crippen LogP contribution is -2.19. The van der Waals surface area contributed by atoms with Crippen LogP contribution < -0.4 is 5.73 Å². The Kier molecular flexibility index (Phi) is 3.79. The van der Waals surface area contributed by atoms with E-state index < -0.39 is 0 Å². The van der Waals surface area contributed by atoms with Gasteiger partial charge in [-0.1, -0.05) is 25.1 Å². The van der Waals surface area contributed by atoms with Crippen LogP contribution in [0.4, 0.5) is 0 Å². The lowest BCUT2D eigenvalue weighted by Gasteiger charge is -2.12. The van der Waals surface area contributed by atoms with Crippen molar-refractivity contribution >= 4 is 5.84 Å². The second-order valence-electron chi connectivity index (χ2n) is 4.56. The number of aromatic nitrogens is 3. The largest absolute Gasteiger partial charge is 0.409 e. The number of amidine groups is 1. The highest BCUT2D eigenvalue weighted by Gasteiger charge is 2.12. The van der Waals surface area contributed by atoms with Crippen LogP contribution in [0.3, 0.4) is 0 Å². The maximum atomic E-state index is 8.79. The van der Waals surface area contributed by atoms with E-state index in [0.717, 1.165) is 11.4 Å². The molecule has 6 nitrogen and oxygen atoms in total. The predicted molar refractivity (Wildman–Crippen MR) is 72.2 cm³/mol. The highest BCUT2D eigenvalue weighted by atomic mass is 16.4. The third-order valence-electron chi connectivity index (χ3n) is 2.85. The minimum Gasteiger partial charge on any atom is -0.409 e. The van der Waals surface area contributed by atoms with Gasteiger partial charge in [0.05, 0.1) is 6.54 Å². The molecule has 0 fully saturated rings. The van der Waals surface area contributed by atoms with E-state index in [0.29, 0.717) is 18.2 Å². The van der Waals surface area contributed by atoms with Crippen LogP contribution in [0.25, 0.3) is 0 Å². The van der Waals surface area contributed by atoms with Gasteiger partial charge in [-0.2, -0.15) is 0 Å². The number of nitrogens with zero attached hydrogens (tertiary/aromatic N) is 4. The summed E-state index contributed by atoms with van der Waals surface area (Å²) in [6.45, 7) is 4.77. The molecule has 0 atom stereocenters. The first-order valence-corrected chi connectivity index (χ1v) is 6.06. The number of nitrogens with two attached hydrogens (primary N) is 1. The van der Waals surface area contributed by atoms with Crippen molar-refractivity contribution in [3.63, 3.8) is 0 Å². The first-order valence-electron chi connectivity index (χ1n) is 6.06. The molecule has 19 heavy (non-hydrogen) atoms. The maximum Gasteiger partial charge on any atom is 0.189 e. The summed E-state index contributed by atoms with van der Waals surface area (Å²) in [5, 5.41) is 11.8. The number of oxime groups is 1. The van der Waals surface area contributed by atoms with Gasteiger partial charge in [0.1, 0.15) is 11.5 Å². The summed E-state index contributed by atoms with van der Waals surface area (Å²) in [7, 11) is 0. The molecule has 0 saturated heterocycles. The van der Waals surface area contributed by atoms with Crippen molar-refractivity contribution < 1.29 is 5.21 Å². The Hall–Kier alpha value is -2.37. The summed E-state index contributed by atoms with van der Waals surface area (Å²) < 4.78 is 2.04. The molecule has 2 rings (SSSR count). The zero-order valence-corrected chi connectivity index (χ0v) is 11.0. The normalized spacial score (nSPS) is 12.1. The zero-order chi connectivity index (χ0) is 13.8. The molecule has 0 unspecified atom stereocenters. The van der Waals surface area contributed by atoms with E-state index in [-0.39, 0.29) is 5.84 Å². The van der Waals surface area contributed by atoms with Gasteiger partial charge in [-0.15, -0.1) is 0 Å². The molecular weight excluding hydrogens is 242 g/mol. The Morgan fingerprint density at radius 2 is 2.21 bits per heavy atom. The Balaban J connectivity index is 2.36. The molecule has 6 heteroatoms. The summed E-state index contributed by atoms with van der Waals surface area (Å²) in [5.41, 5.74) is 7.02. The van der Waals surface area contributed by atoms with Crippen LogP contribution in [-0.2, 0) is 6.54 Å². The Morgan fingerprint density at radius 3 is 2.89 bits per heavy atom. The topological polar surface area (TPSA) is 89.3 Å². The van der Waals surface area contributed by atoms with E-state index in [1.54, 1.807) is 12.4 Å². The molecule has 3 N–H and O–H groups in total. The van der Waals surface area contributed by atoms with Crippen molar-refractivity contribution in [1.82, 2.24) is 14.5 Å². The quantitative estimate of drug-likeness (QED) is 0.377. The SMILES string of the molecule is CC(C)c1nccn1Cc1cccnc1C(N)=NO. The highest BCUT2D eigenvalue weighted by Crippen LogP contribution is 2.15. The van der Waals surface area contributed by atoms with Gasteiger partial charge in [0, 0.05) is 30.1 Å². The van der Waals surface area contributed by atoms with Gasteiger partial charge in [-0.25, -0.2) is 4.98 Å². The van der Waals surface area contributed by atoms with Crippen LogP contribution in [0, 0.1) is 0 Å². The van der Waals surface area contributed by atoms with Crippen LogP contribution in [0.15, 0.2) is 35.9 Å². The first-order chi connectivity index (χ1) is 9.13. The van der Waals surface area contributed by atoms with Gasteiger partial charge in [0.2, 0.25) is 0 Å². The first kappa shape index (κ1) is 13.1. The lowest BCUT2D eigenvalue weighted by atomic mass is 10.1. The molecule has 0 aliphatic carbocycles. The molecule has 0 amide bonds. The monoisotopic (exact) mass is 259 g/mol. The highest BCUT2D eigenvalue weighted by molar-refractivity contribution is 5.96. The number of hydrogen-bond donors (Lipinski definition) is 2. The van der Waals surface area contributed by atoms with Crippen LogP contribution in [0.2, 0.25) is 0 Å². The van der Waals surface area contributed by atoms with E-state index in [1.165, 1.54) is 0 Å². The van der Waals surface area contributed by atoms with Gasteiger partial charge < -0.3 is 15.5 Å². The molecule has 0 bridgehead atoms. The third-order valence-corrected chi connectivity index (χ3v) is 2.85. The second kappa shape index (κ2) is 5.51. The van der Waals surface area contributed by atoms with Gasteiger partial charge >= 0.3 is 0 Å². The summed E-state index contributed by atoms with van der Waals surface area (Å²) in [6.07, 6.45) is 5.31. The van der Waals surface area contributed by atoms with Crippen molar-refractivity contribution in [3.8, 4) is 0 Å². The van der Waals surface area contributed by atoms with Gasteiger partial charge in [-0.05, 0) is 6.07 Å². The van der Waals surface area contributed by atoms with E-state index in [2.05, 4.69) is 29.0 Å². The number of hydrogen-bond acceptors (Lipinski definition) is 4. The average molecular weight is 259 g/mol. The molecule has 0 saturated carbocycles. The minimum atomic E-state index is 0.0156. The minimum absolute atomic E-state index is 0.0156. The fourth-order valence-corrected chi connectivity index (χ4v) is 1.98. The molecular formula is C13H17N5O. The van der Waals surface area contributed by atoms with E-state index in [9.17, 15) is 0 Å². The van der Waals surface area contributed by atoms with E-state index >= 15 is 0 Å². The van der Waals surface area contributed by atoms with Crippen molar-refractivity contribution in [2.75, 3.05) is 0 Å². The van der Waals surface area contributed by atoms with Gasteiger partial charge in [0.15, 0.2) is 5.84 Å². The number of rotatable bonds is 4. The summed E-state index contributed by atoms with van der Waals surface area (Å²) in [6, 6.07) is 3.74. The summed E-state index contributed by atoms with van der Waals surface area (Å²) >= 11 is 0. The van der Waals surface area contributed by atoms with Gasteiger partial charge in [-0.3, -0.25) is 4.98 Å². The van der Waals surface area contributed by atoms with Crippen molar-refractivity contribution in [1.29, 1.82) is 0 Å². The second-order valence-corrected chi connectivity index (χ2v) is 4.56. The fourth-order valence-electron chi connectivity index (χ4n) is 1.98. The smallest absolute Gasteiger partial charge is 0.189 e. The van der Waals surface area contributed by atoms with Crippen LogP contribution in [-0.4, -0.2) is 25.6 Å².